The summed E-state index contributed by atoms with van der Waals surface area (Å²) in [6.07, 6.45) is -0.525. The molecule has 0 saturated carbocycles. The lowest BCUT2D eigenvalue weighted by atomic mass is 10.1. The molecule has 2 aromatic heterocycles. The van der Waals surface area contributed by atoms with E-state index in [2.05, 4.69) is 9.55 Å². The van der Waals surface area contributed by atoms with Crippen LogP contribution >= 0.6 is 12.4 Å². The van der Waals surface area contributed by atoms with Gasteiger partial charge < -0.3 is 14.0 Å². The molecule has 0 bridgehead atoms. The Morgan fingerprint density at radius 3 is 2.53 bits per heavy atom. The Labute approximate surface area is 179 Å². The van der Waals surface area contributed by atoms with E-state index in [1.54, 1.807) is 6.20 Å². The third-order valence-corrected chi connectivity index (χ3v) is 5.56. The third-order valence-electron chi connectivity index (χ3n) is 5.56. The monoisotopic (exact) mass is 440 g/mol. The van der Waals surface area contributed by atoms with Crippen LogP contribution in [0.1, 0.15) is 35.2 Å². The fourth-order valence-corrected chi connectivity index (χ4v) is 3.80. The number of nitrogens with zero attached hydrogens (tertiary/aromatic N) is 2. The molecule has 1 aromatic carbocycles. The van der Waals surface area contributed by atoms with Gasteiger partial charge in [0.25, 0.3) is 0 Å². The molecule has 1 saturated heterocycles. The molecule has 0 amide bonds. The first-order chi connectivity index (χ1) is 13.8. The van der Waals surface area contributed by atoms with Crippen molar-refractivity contribution in [2.75, 3.05) is 13.2 Å². The van der Waals surface area contributed by atoms with Gasteiger partial charge in [0, 0.05) is 30.4 Å². The SMILES string of the molecule is Cc1c(C)n(Cc2ccc(C(F)(F)F)cc2)c2c(OCC3CCCO3)nccc12.Cl. The molecular weight excluding hydrogens is 417 g/mol. The van der Waals surface area contributed by atoms with Crippen LogP contribution in [0.3, 0.4) is 0 Å². The number of aromatic nitrogens is 2. The van der Waals surface area contributed by atoms with Crippen molar-refractivity contribution in [1.82, 2.24) is 9.55 Å². The zero-order valence-corrected chi connectivity index (χ0v) is 17.6. The number of benzene rings is 1. The van der Waals surface area contributed by atoms with Gasteiger partial charge in [0.05, 0.1) is 11.7 Å². The number of ether oxygens (including phenoxy) is 2. The molecule has 8 heteroatoms. The second-order valence-corrected chi connectivity index (χ2v) is 7.45. The number of pyridine rings is 1. The first-order valence-corrected chi connectivity index (χ1v) is 9.69. The lowest BCUT2D eigenvalue weighted by molar-refractivity contribution is -0.137. The zero-order chi connectivity index (χ0) is 20.6. The highest BCUT2D eigenvalue weighted by Crippen LogP contribution is 2.33. The summed E-state index contributed by atoms with van der Waals surface area (Å²) in [6.45, 7) is 5.67. The van der Waals surface area contributed by atoms with E-state index < -0.39 is 11.7 Å². The summed E-state index contributed by atoms with van der Waals surface area (Å²) >= 11 is 0. The molecule has 1 fully saturated rings. The predicted molar refractivity (Wildman–Crippen MR) is 111 cm³/mol. The maximum absolute atomic E-state index is 12.8. The van der Waals surface area contributed by atoms with Gasteiger partial charge in [-0.15, -0.1) is 12.4 Å². The number of aryl methyl sites for hydroxylation is 1. The molecule has 0 radical (unpaired) electrons. The van der Waals surface area contributed by atoms with Crippen LogP contribution < -0.4 is 4.74 Å². The molecule has 1 aliphatic rings. The molecule has 1 atom stereocenters. The molecule has 162 valence electrons. The van der Waals surface area contributed by atoms with Crippen molar-refractivity contribution in [2.24, 2.45) is 0 Å². The van der Waals surface area contributed by atoms with Gasteiger partial charge in [-0.3, -0.25) is 0 Å². The summed E-state index contributed by atoms with van der Waals surface area (Å²) < 4.78 is 52.2. The molecular formula is C22H24ClF3N2O2. The largest absolute Gasteiger partial charge is 0.473 e. The highest BCUT2D eigenvalue weighted by Gasteiger charge is 2.30. The lowest BCUT2D eigenvalue weighted by Gasteiger charge is -2.14. The van der Waals surface area contributed by atoms with Crippen LogP contribution in [0.4, 0.5) is 13.2 Å². The van der Waals surface area contributed by atoms with E-state index in [1.165, 1.54) is 12.1 Å². The topological polar surface area (TPSA) is 36.3 Å². The summed E-state index contributed by atoms with van der Waals surface area (Å²) in [4.78, 5) is 4.42. The number of fused-ring (bicyclic) bond motifs is 1. The molecule has 0 spiro atoms. The summed E-state index contributed by atoms with van der Waals surface area (Å²) in [5.74, 6) is 0.529. The Bertz CT molecular complexity index is 1010. The molecule has 30 heavy (non-hydrogen) atoms. The van der Waals surface area contributed by atoms with Crippen molar-refractivity contribution in [2.45, 2.75) is 45.5 Å². The lowest BCUT2D eigenvalue weighted by Crippen LogP contribution is -2.17. The summed E-state index contributed by atoms with van der Waals surface area (Å²) in [5, 5.41) is 1.03. The Morgan fingerprint density at radius 1 is 1.17 bits per heavy atom. The van der Waals surface area contributed by atoms with E-state index in [0.717, 1.165) is 59.3 Å². The Morgan fingerprint density at radius 2 is 1.90 bits per heavy atom. The Kier molecular flexibility index (Phi) is 6.62. The zero-order valence-electron chi connectivity index (χ0n) is 16.8. The van der Waals surface area contributed by atoms with Gasteiger partial charge in [-0.1, -0.05) is 12.1 Å². The number of alkyl halides is 3. The second-order valence-electron chi connectivity index (χ2n) is 7.45. The molecule has 1 aliphatic heterocycles. The van der Waals surface area contributed by atoms with Crippen LogP contribution in [0, 0.1) is 13.8 Å². The smallest absolute Gasteiger partial charge is 0.416 e. The van der Waals surface area contributed by atoms with E-state index in [9.17, 15) is 13.2 Å². The van der Waals surface area contributed by atoms with Crippen molar-refractivity contribution >= 4 is 23.3 Å². The van der Waals surface area contributed by atoms with Crippen molar-refractivity contribution < 1.29 is 22.6 Å². The molecule has 3 heterocycles. The van der Waals surface area contributed by atoms with Crippen LogP contribution in [-0.4, -0.2) is 28.9 Å². The van der Waals surface area contributed by atoms with Gasteiger partial charge >= 0.3 is 6.18 Å². The molecule has 4 nitrogen and oxygen atoms in total. The third kappa shape index (κ3) is 4.42. The molecule has 3 aromatic rings. The average molecular weight is 441 g/mol. The van der Waals surface area contributed by atoms with E-state index in [0.29, 0.717) is 19.0 Å². The first kappa shape index (κ1) is 22.4. The van der Waals surface area contributed by atoms with Gasteiger partial charge in [-0.05, 0) is 56.0 Å². The highest BCUT2D eigenvalue weighted by atomic mass is 35.5. The van der Waals surface area contributed by atoms with Crippen LogP contribution in [0.5, 0.6) is 5.88 Å². The van der Waals surface area contributed by atoms with E-state index in [-0.39, 0.29) is 18.5 Å². The molecule has 0 aliphatic carbocycles. The Balaban J connectivity index is 0.00000256. The van der Waals surface area contributed by atoms with Crippen molar-refractivity contribution in [3.8, 4) is 5.88 Å². The van der Waals surface area contributed by atoms with E-state index in [4.69, 9.17) is 9.47 Å². The minimum absolute atomic E-state index is 0. The average Bonchev–Trinajstić information content (AvgIpc) is 3.30. The van der Waals surface area contributed by atoms with Gasteiger partial charge in [-0.25, -0.2) is 4.98 Å². The summed E-state index contributed by atoms with van der Waals surface area (Å²) in [7, 11) is 0. The maximum atomic E-state index is 12.8. The van der Waals surface area contributed by atoms with Gasteiger partial charge in [0.1, 0.15) is 12.1 Å². The van der Waals surface area contributed by atoms with Crippen molar-refractivity contribution in [1.29, 1.82) is 0 Å². The quantitative estimate of drug-likeness (QED) is 0.510. The second kappa shape index (κ2) is 8.86. The first-order valence-electron chi connectivity index (χ1n) is 9.69. The predicted octanol–water partition coefficient (Wildman–Crippen LogP) is 5.70. The molecule has 0 N–H and O–H groups in total. The fourth-order valence-electron chi connectivity index (χ4n) is 3.80. The standard InChI is InChI=1S/C22H23F3N2O2.ClH/c1-14-15(2)27(12-16-5-7-17(8-6-16)22(23,24)25)20-19(14)9-10-26-21(20)29-13-18-4-3-11-28-18;/h5-10,18H,3-4,11-13H2,1-2H3;1H. The van der Waals surface area contributed by atoms with Crippen LogP contribution in [0.15, 0.2) is 36.5 Å². The van der Waals surface area contributed by atoms with Crippen molar-refractivity contribution in [3.05, 3.63) is 58.9 Å². The Hall–Kier alpha value is -2.25. The number of halogens is 4. The minimum atomic E-state index is -4.33. The maximum Gasteiger partial charge on any atom is 0.416 e. The van der Waals surface area contributed by atoms with Crippen LogP contribution in [0.25, 0.3) is 10.9 Å². The number of rotatable bonds is 5. The molecule has 4 rings (SSSR count). The van der Waals surface area contributed by atoms with Crippen LogP contribution in [0.2, 0.25) is 0 Å². The van der Waals surface area contributed by atoms with Gasteiger partial charge in [-0.2, -0.15) is 13.2 Å². The molecule has 1 unspecified atom stereocenters. The summed E-state index contributed by atoms with van der Waals surface area (Å²) in [5.41, 5.74) is 3.15. The van der Waals surface area contributed by atoms with Gasteiger partial charge in [0.2, 0.25) is 5.88 Å². The normalized spacial score (nSPS) is 16.6. The van der Waals surface area contributed by atoms with Crippen LogP contribution in [-0.2, 0) is 17.5 Å². The number of hydrogen-bond donors (Lipinski definition) is 0. The van der Waals surface area contributed by atoms with Gasteiger partial charge in [0.15, 0.2) is 0 Å². The fraction of sp³-hybridized carbons (Fsp3) is 0.409. The number of hydrogen-bond acceptors (Lipinski definition) is 3. The van der Waals surface area contributed by atoms with Crippen molar-refractivity contribution in [3.63, 3.8) is 0 Å². The minimum Gasteiger partial charge on any atom is -0.473 e. The van der Waals surface area contributed by atoms with E-state index >= 15 is 0 Å². The highest BCUT2D eigenvalue weighted by molar-refractivity contribution is 5.89. The summed E-state index contributed by atoms with van der Waals surface area (Å²) in [6, 6.07) is 7.23. The van der Waals surface area contributed by atoms with E-state index in [1.807, 2.05) is 19.9 Å².